The Labute approximate surface area is 128 Å². The Morgan fingerprint density at radius 3 is 2.24 bits per heavy atom. The molecule has 1 aromatic carbocycles. The molecule has 0 amide bonds. The second-order valence-electron chi connectivity index (χ2n) is 5.22. The second-order valence-corrected chi connectivity index (χ2v) is 5.22. The number of nitriles is 1. The normalized spacial score (nSPS) is 10.3. The third-order valence-corrected chi connectivity index (χ3v) is 3.33. The van der Waals surface area contributed by atoms with Crippen LogP contribution in [0.5, 0.6) is 5.75 Å². The van der Waals surface area contributed by atoms with Crippen molar-refractivity contribution in [2.24, 2.45) is 0 Å². The predicted octanol–water partition coefficient (Wildman–Crippen LogP) is 4.70. The van der Waals surface area contributed by atoms with Gasteiger partial charge in [0.25, 0.3) is 0 Å². The van der Waals surface area contributed by atoms with Gasteiger partial charge in [-0.1, -0.05) is 39.0 Å². The van der Waals surface area contributed by atoms with Crippen molar-refractivity contribution in [2.45, 2.75) is 51.9 Å². The van der Waals surface area contributed by atoms with Crippen molar-refractivity contribution in [2.75, 3.05) is 19.8 Å². The maximum Gasteiger partial charge on any atom is 0.119 e. The van der Waals surface area contributed by atoms with Gasteiger partial charge < -0.3 is 9.47 Å². The van der Waals surface area contributed by atoms with Gasteiger partial charge >= 0.3 is 0 Å². The van der Waals surface area contributed by atoms with Gasteiger partial charge in [0, 0.05) is 19.6 Å². The summed E-state index contributed by atoms with van der Waals surface area (Å²) in [4.78, 5) is 0. The molecule has 0 saturated carbocycles. The molecule has 1 rings (SSSR count). The molecule has 0 unspecified atom stereocenters. The topological polar surface area (TPSA) is 42.2 Å². The molecule has 0 aliphatic heterocycles. The van der Waals surface area contributed by atoms with Crippen LogP contribution in [0.2, 0.25) is 0 Å². The zero-order valence-corrected chi connectivity index (χ0v) is 13.1. The van der Waals surface area contributed by atoms with E-state index < -0.39 is 0 Å². The van der Waals surface area contributed by atoms with E-state index in [0.29, 0.717) is 12.2 Å². The van der Waals surface area contributed by atoms with E-state index in [9.17, 15) is 0 Å². The first kappa shape index (κ1) is 17.5. The lowest BCUT2D eigenvalue weighted by Crippen LogP contribution is -2.04. The van der Waals surface area contributed by atoms with Crippen LogP contribution in [-0.2, 0) is 4.74 Å². The van der Waals surface area contributed by atoms with Gasteiger partial charge in [0.1, 0.15) is 5.75 Å². The molecule has 0 bridgehead atoms. The average Bonchev–Trinajstić information content (AvgIpc) is 2.53. The summed E-state index contributed by atoms with van der Waals surface area (Å²) in [6.45, 7) is 4.51. The summed E-state index contributed by atoms with van der Waals surface area (Å²) in [5, 5.41) is 8.70. The summed E-state index contributed by atoms with van der Waals surface area (Å²) in [6.07, 6.45) is 8.69. The second kappa shape index (κ2) is 12.2. The van der Waals surface area contributed by atoms with Crippen molar-refractivity contribution >= 4 is 0 Å². The summed E-state index contributed by atoms with van der Waals surface area (Å²) < 4.78 is 11.2. The fourth-order valence-electron chi connectivity index (χ4n) is 2.06. The highest BCUT2D eigenvalue weighted by molar-refractivity contribution is 5.34. The Bertz CT molecular complexity index is 395. The number of unbranched alkanes of at least 4 members (excludes halogenated alkanes) is 5. The Balaban J connectivity index is 1.89. The van der Waals surface area contributed by atoms with Crippen LogP contribution in [0.15, 0.2) is 24.3 Å². The number of rotatable bonds is 12. The third kappa shape index (κ3) is 9.10. The van der Waals surface area contributed by atoms with Gasteiger partial charge in [0.05, 0.1) is 18.2 Å². The summed E-state index contributed by atoms with van der Waals surface area (Å²) in [6, 6.07) is 9.29. The number of ether oxygens (including phenoxy) is 2. The highest BCUT2D eigenvalue weighted by atomic mass is 16.5. The van der Waals surface area contributed by atoms with Crippen LogP contribution >= 0.6 is 0 Å². The van der Waals surface area contributed by atoms with E-state index in [1.807, 2.05) is 12.1 Å². The Kier molecular flexibility index (Phi) is 10.2. The van der Waals surface area contributed by atoms with Gasteiger partial charge in [-0.15, -0.1) is 0 Å². The molecule has 0 spiro atoms. The lowest BCUT2D eigenvalue weighted by molar-refractivity contribution is 0.115. The molecule has 0 aliphatic carbocycles. The molecule has 0 radical (unpaired) electrons. The van der Waals surface area contributed by atoms with E-state index in [2.05, 4.69) is 13.0 Å². The summed E-state index contributed by atoms with van der Waals surface area (Å²) >= 11 is 0. The fourth-order valence-corrected chi connectivity index (χ4v) is 2.06. The predicted molar refractivity (Wildman–Crippen MR) is 85.5 cm³/mol. The smallest absolute Gasteiger partial charge is 0.119 e. The molecule has 0 aromatic heterocycles. The van der Waals surface area contributed by atoms with Gasteiger partial charge in [0.15, 0.2) is 0 Å². The lowest BCUT2D eigenvalue weighted by Gasteiger charge is -2.07. The molecule has 0 fully saturated rings. The monoisotopic (exact) mass is 289 g/mol. The van der Waals surface area contributed by atoms with Crippen LogP contribution in [-0.4, -0.2) is 19.8 Å². The SMILES string of the molecule is CCCCCCCCOCCCOc1ccc(C#N)cc1. The van der Waals surface area contributed by atoms with Crippen molar-refractivity contribution < 1.29 is 9.47 Å². The third-order valence-electron chi connectivity index (χ3n) is 3.33. The largest absolute Gasteiger partial charge is 0.494 e. The molecule has 0 saturated heterocycles. The highest BCUT2D eigenvalue weighted by Crippen LogP contribution is 2.11. The van der Waals surface area contributed by atoms with E-state index in [-0.39, 0.29) is 0 Å². The van der Waals surface area contributed by atoms with E-state index in [1.165, 1.54) is 38.5 Å². The van der Waals surface area contributed by atoms with Gasteiger partial charge in [-0.05, 0) is 30.7 Å². The van der Waals surface area contributed by atoms with E-state index in [1.54, 1.807) is 12.1 Å². The van der Waals surface area contributed by atoms with Crippen LogP contribution in [0, 0.1) is 11.3 Å². The quantitative estimate of drug-likeness (QED) is 0.524. The van der Waals surface area contributed by atoms with Crippen molar-refractivity contribution in [3.05, 3.63) is 29.8 Å². The molecular weight excluding hydrogens is 262 g/mol. The molecule has 0 atom stereocenters. The first-order valence-corrected chi connectivity index (χ1v) is 8.07. The molecule has 116 valence electrons. The Hall–Kier alpha value is -1.53. The van der Waals surface area contributed by atoms with Gasteiger partial charge in [0.2, 0.25) is 0 Å². The van der Waals surface area contributed by atoms with E-state index in [0.717, 1.165) is 25.4 Å². The lowest BCUT2D eigenvalue weighted by atomic mass is 10.1. The molecule has 1 aromatic rings. The number of hydrogen-bond donors (Lipinski definition) is 0. The van der Waals surface area contributed by atoms with Crippen molar-refractivity contribution in [1.29, 1.82) is 5.26 Å². The molecule has 3 nitrogen and oxygen atoms in total. The minimum absolute atomic E-state index is 0.655. The highest BCUT2D eigenvalue weighted by Gasteiger charge is 1.95. The van der Waals surface area contributed by atoms with Gasteiger partial charge in [-0.3, -0.25) is 0 Å². The first-order chi connectivity index (χ1) is 10.4. The van der Waals surface area contributed by atoms with Crippen LogP contribution in [0.1, 0.15) is 57.4 Å². The molecule has 0 aliphatic rings. The van der Waals surface area contributed by atoms with E-state index >= 15 is 0 Å². The molecule has 0 heterocycles. The van der Waals surface area contributed by atoms with Gasteiger partial charge in [-0.2, -0.15) is 5.26 Å². The Morgan fingerprint density at radius 1 is 0.857 bits per heavy atom. The molecule has 21 heavy (non-hydrogen) atoms. The van der Waals surface area contributed by atoms with E-state index in [4.69, 9.17) is 14.7 Å². The zero-order chi connectivity index (χ0) is 15.2. The molecule has 3 heteroatoms. The summed E-state index contributed by atoms with van der Waals surface area (Å²) in [5.74, 6) is 0.810. The standard InChI is InChI=1S/C18H27NO2/c1-2-3-4-5-6-7-13-20-14-8-15-21-18-11-9-17(16-19)10-12-18/h9-12H,2-8,13-15H2,1H3. The Morgan fingerprint density at radius 2 is 1.52 bits per heavy atom. The number of nitrogens with zero attached hydrogens (tertiary/aromatic N) is 1. The van der Waals surface area contributed by atoms with Crippen molar-refractivity contribution in [3.63, 3.8) is 0 Å². The minimum Gasteiger partial charge on any atom is -0.494 e. The van der Waals surface area contributed by atoms with Crippen molar-refractivity contribution in [3.8, 4) is 11.8 Å². The molecule has 0 N–H and O–H groups in total. The summed E-state index contributed by atoms with van der Waals surface area (Å²) in [7, 11) is 0. The number of hydrogen-bond acceptors (Lipinski definition) is 3. The first-order valence-electron chi connectivity index (χ1n) is 8.07. The summed E-state index contributed by atoms with van der Waals surface area (Å²) in [5.41, 5.74) is 0.657. The molecular formula is C18H27NO2. The van der Waals surface area contributed by atoms with Crippen LogP contribution in [0.3, 0.4) is 0 Å². The van der Waals surface area contributed by atoms with Crippen LogP contribution < -0.4 is 4.74 Å². The maximum absolute atomic E-state index is 8.70. The maximum atomic E-state index is 8.70. The van der Waals surface area contributed by atoms with Crippen molar-refractivity contribution in [1.82, 2.24) is 0 Å². The van der Waals surface area contributed by atoms with Crippen LogP contribution in [0.4, 0.5) is 0 Å². The zero-order valence-electron chi connectivity index (χ0n) is 13.1. The van der Waals surface area contributed by atoms with Crippen LogP contribution in [0.25, 0.3) is 0 Å². The minimum atomic E-state index is 0.655. The number of benzene rings is 1. The van der Waals surface area contributed by atoms with Gasteiger partial charge in [-0.25, -0.2) is 0 Å². The average molecular weight is 289 g/mol. The fraction of sp³-hybridized carbons (Fsp3) is 0.611.